The van der Waals surface area contributed by atoms with Gasteiger partial charge in [-0.15, -0.1) is 11.6 Å². The van der Waals surface area contributed by atoms with E-state index < -0.39 is 0 Å². The molecule has 0 saturated heterocycles. The third-order valence-electron chi connectivity index (χ3n) is 4.04. The Morgan fingerprint density at radius 1 is 1.37 bits per heavy atom. The Balaban J connectivity index is 2.00. The van der Waals surface area contributed by atoms with Crippen molar-refractivity contribution in [1.82, 2.24) is 0 Å². The fourth-order valence-electron chi connectivity index (χ4n) is 2.74. The van der Waals surface area contributed by atoms with Gasteiger partial charge in [0.05, 0.1) is 0 Å². The van der Waals surface area contributed by atoms with E-state index in [9.17, 15) is 4.79 Å². The highest BCUT2D eigenvalue weighted by atomic mass is 35.5. The third-order valence-corrected chi connectivity index (χ3v) is 4.31. The molecule has 0 atom stereocenters. The van der Waals surface area contributed by atoms with Gasteiger partial charge >= 0.3 is 0 Å². The quantitative estimate of drug-likeness (QED) is 0.797. The lowest BCUT2D eigenvalue weighted by atomic mass is 9.88. The largest absolute Gasteiger partial charge is 0.326 e. The summed E-state index contributed by atoms with van der Waals surface area (Å²) in [4.78, 5) is 12.3. The molecule has 104 valence electrons. The summed E-state index contributed by atoms with van der Waals surface area (Å²) in [6.45, 7) is 2.08. The normalized spacial score (nSPS) is 17.4. The van der Waals surface area contributed by atoms with E-state index in [1.165, 1.54) is 18.4 Å². The molecule has 1 fully saturated rings. The zero-order valence-corrected chi connectivity index (χ0v) is 12.3. The van der Waals surface area contributed by atoms with E-state index in [-0.39, 0.29) is 11.3 Å². The van der Waals surface area contributed by atoms with Gasteiger partial charge in [0.25, 0.3) is 0 Å². The Morgan fingerprint density at radius 2 is 2.11 bits per heavy atom. The second-order valence-electron chi connectivity index (χ2n) is 5.71. The number of aryl methyl sites for hydroxylation is 1. The third kappa shape index (κ3) is 3.73. The maximum absolute atomic E-state index is 12.3. The number of rotatable bonds is 5. The van der Waals surface area contributed by atoms with Gasteiger partial charge in [0, 0.05) is 17.0 Å². The fourth-order valence-corrected chi connectivity index (χ4v) is 2.87. The number of amides is 1. The molecule has 0 heterocycles. The molecule has 0 bridgehead atoms. The Hall–Kier alpha value is -1.02. The predicted molar refractivity (Wildman–Crippen MR) is 80.7 cm³/mol. The molecule has 0 radical (unpaired) electrons. The highest BCUT2D eigenvalue weighted by Gasteiger charge is 2.36. The van der Waals surface area contributed by atoms with Crippen molar-refractivity contribution < 1.29 is 4.79 Å². The summed E-state index contributed by atoms with van der Waals surface area (Å²) < 4.78 is 0. The molecule has 19 heavy (non-hydrogen) atoms. The number of carbonyl (C=O) groups excluding carboxylic acids is 1. The van der Waals surface area contributed by atoms with Crippen LogP contribution in [0.1, 0.15) is 44.6 Å². The van der Waals surface area contributed by atoms with Gasteiger partial charge in [-0.1, -0.05) is 31.9 Å². The van der Waals surface area contributed by atoms with Crippen molar-refractivity contribution in [3.05, 3.63) is 29.8 Å². The number of halogens is 1. The predicted octanol–water partition coefficient (Wildman–Crippen LogP) is 4.38. The Bertz CT molecular complexity index is 438. The number of carbonyl (C=O) groups is 1. The van der Waals surface area contributed by atoms with Gasteiger partial charge in [0.1, 0.15) is 0 Å². The number of nitrogens with one attached hydrogen (secondary N) is 1. The van der Waals surface area contributed by atoms with Crippen LogP contribution in [0.15, 0.2) is 24.3 Å². The molecular formula is C16H22ClNO. The summed E-state index contributed by atoms with van der Waals surface area (Å²) in [6, 6.07) is 8.10. The lowest BCUT2D eigenvalue weighted by Gasteiger charge is -2.22. The topological polar surface area (TPSA) is 29.1 Å². The van der Waals surface area contributed by atoms with Gasteiger partial charge < -0.3 is 5.32 Å². The molecule has 0 spiro atoms. The minimum atomic E-state index is -0.174. The van der Waals surface area contributed by atoms with Crippen LogP contribution < -0.4 is 5.32 Å². The van der Waals surface area contributed by atoms with Gasteiger partial charge in [-0.05, 0) is 43.4 Å². The minimum Gasteiger partial charge on any atom is -0.326 e. The van der Waals surface area contributed by atoms with E-state index >= 15 is 0 Å². The SMILES string of the molecule is CC1(C(=O)Nc2cccc(CCCCl)c2)CCCC1. The van der Waals surface area contributed by atoms with E-state index in [2.05, 4.69) is 24.4 Å². The number of hydrogen-bond acceptors (Lipinski definition) is 1. The smallest absolute Gasteiger partial charge is 0.230 e. The maximum atomic E-state index is 12.3. The van der Waals surface area contributed by atoms with Gasteiger partial charge in [0.2, 0.25) is 5.91 Å². The van der Waals surface area contributed by atoms with Crippen molar-refractivity contribution >= 4 is 23.2 Å². The Morgan fingerprint density at radius 3 is 2.79 bits per heavy atom. The lowest BCUT2D eigenvalue weighted by molar-refractivity contribution is -0.124. The molecule has 0 aliphatic heterocycles. The average molecular weight is 280 g/mol. The minimum absolute atomic E-state index is 0.166. The molecule has 1 aromatic carbocycles. The zero-order chi connectivity index (χ0) is 13.7. The molecule has 1 N–H and O–H groups in total. The molecule has 1 amide bonds. The number of alkyl halides is 1. The Labute approximate surface area is 120 Å². The molecule has 2 nitrogen and oxygen atoms in total. The summed E-state index contributed by atoms with van der Waals surface area (Å²) in [7, 11) is 0. The second kappa shape index (κ2) is 6.42. The maximum Gasteiger partial charge on any atom is 0.230 e. The van der Waals surface area contributed by atoms with Crippen LogP contribution in [0.25, 0.3) is 0 Å². The molecule has 1 aromatic rings. The van der Waals surface area contributed by atoms with Crippen molar-refractivity contribution in [3.63, 3.8) is 0 Å². The van der Waals surface area contributed by atoms with Crippen LogP contribution >= 0.6 is 11.6 Å². The van der Waals surface area contributed by atoms with Gasteiger partial charge in [-0.2, -0.15) is 0 Å². The molecule has 3 heteroatoms. The van der Waals surface area contributed by atoms with Crippen molar-refractivity contribution in [2.45, 2.75) is 45.4 Å². The van der Waals surface area contributed by atoms with Crippen LogP contribution in [0.5, 0.6) is 0 Å². The molecule has 1 aliphatic rings. The van der Waals surface area contributed by atoms with Gasteiger partial charge in [-0.25, -0.2) is 0 Å². The number of benzene rings is 1. The molecule has 0 unspecified atom stereocenters. The van der Waals surface area contributed by atoms with Gasteiger partial charge in [0.15, 0.2) is 0 Å². The van der Waals surface area contributed by atoms with Crippen LogP contribution in [-0.2, 0) is 11.2 Å². The zero-order valence-electron chi connectivity index (χ0n) is 11.5. The van der Waals surface area contributed by atoms with E-state index in [0.717, 1.165) is 31.4 Å². The van der Waals surface area contributed by atoms with Crippen molar-refractivity contribution in [2.24, 2.45) is 5.41 Å². The van der Waals surface area contributed by atoms with Crippen LogP contribution in [0, 0.1) is 5.41 Å². The average Bonchev–Trinajstić information content (AvgIpc) is 2.85. The van der Waals surface area contributed by atoms with Gasteiger partial charge in [-0.3, -0.25) is 4.79 Å². The molecular weight excluding hydrogens is 258 g/mol. The molecule has 0 aromatic heterocycles. The number of anilines is 1. The Kier molecular flexibility index (Phi) is 4.87. The monoisotopic (exact) mass is 279 g/mol. The van der Waals surface area contributed by atoms with E-state index in [1.54, 1.807) is 0 Å². The molecule has 1 saturated carbocycles. The summed E-state index contributed by atoms with van der Waals surface area (Å²) >= 11 is 5.71. The van der Waals surface area contributed by atoms with Crippen LogP contribution in [0.3, 0.4) is 0 Å². The number of hydrogen-bond donors (Lipinski definition) is 1. The summed E-state index contributed by atoms with van der Waals surface area (Å²) in [5.41, 5.74) is 1.96. The fraction of sp³-hybridized carbons (Fsp3) is 0.562. The van der Waals surface area contributed by atoms with E-state index in [4.69, 9.17) is 11.6 Å². The molecule has 1 aliphatic carbocycles. The summed E-state index contributed by atoms with van der Waals surface area (Å²) in [5, 5.41) is 3.07. The van der Waals surface area contributed by atoms with Crippen molar-refractivity contribution in [1.29, 1.82) is 0 Å². The summed E-state index contributed by atoms with van der Waals surface area (Å²) in [5.74, 6) is 0.841. The first-order chi connectivity index (χ1) is 9.14. The second-order valence-corrected chi connectivity index (χ2v) is 6.09. The highest BCUT2D eigenvalue weighted by molar-refractivity contribution is 6.17. The standard InChI is InChI=1S/C16H22ClNO/c1-16(9-2-3-10-16)15(19)18-14-8-4-6-13(12-14)7-5-11-17/h4,6,8,12H,2-3,5,7,9-11H2,1H3,(H,18,19). The van der Waals surface area contributed by atoms with Crippen LogP contribution in [-0.4, -0.2) is 11.8 Å². The van der Waals surface area contributed by atoms with E-state index in [0.29, 0.717) is 5.88 Å². The summed E-state index contributed by atoms with van der Waals surface area (Å²) in [6.07, 6.45) is 6.27. The first-order valence-electron chi connectivity index (χ1n) is 7.10. The highest BCUT2D eigenvalue weighted by Crippen LogP contribution is 2.38. The van der Waals surface area contributed by atoms with E-state index in [1.807, 2.05) is 12.1 Å². The van der Waals surface area contributed by atoms with Crippen molar-refractivity contribution in [2.75, 3.05) is 11.2 Å². The first-order valence-corrected chi connectivity index (χ1v) is 7.64. The van der Waals surface area contributed by atoms with Crippen LogP contribution in [0.4, 0.5) is 5.69 Å². The van der Waals surface area contributed by atoms with Crippen LogP contribution in [0.2, 0.25) is 0 Å². The lowest BCUT2D eigenvalue weighted by Crippen LogP contribution is -2.30. The van der Waals surface area contributed by atoms with Crippen molar-refractivity contribution in [3.8, 4) is 0 Å². The first kappa shape index (κ1) is 14.4. The molecule has 2 rings (SSSR count).